The highest BCUT2D eigenvalue weighted by Crippen LogP contribution is 2.25. The molecule has 0 atom stereocenters. The molecule has 4 rings (SSSR count). The molecule has 0 amide bonds. The molecule has 0 unspecified atom stereocenters. The average molecular weight is 324 g/mol. The molecular weight excluding hydrogens is 311 g/mol. The van der Waals surface area contributed by atoms with E-state index in [9.17, 15) is 4.39 Å². The molecule has 0 spiro atoms. The van der Waals surface area contributed by atoms with Crippen molar-refractivity contribution in [2.45, 2.75) is 6.54 Å². The van der Waals surface area contributed by atoms with E-state index in [1.807, 2.05) is 22.2 Å². The molecule has 1 N–H and O–H groups in total. The summed E-state index contributed by atoms with van der Waals surface area (Å²) < 4.78 is 15.0. The van der Waals surface area contributed by atoms with E-state index >= 15 is 0 Å². The van der Waals surface area contributed by atoms with E-state index in [-0.39, 0.29) is 5.82 Å². The number of rotatable bonds is 4. The number of hydrogen-bond donors (Lipinski definition) is 1. The zero-order valence-electron chi connectivity index (χ0n) is 12.1. The number of fused-ring (bicyclic) bond motifs is 1. The van der Waals surface area contributed by atoms with Crippen molar-refractivity contribution >= 4 is 22.8 Å². The summed E-state index contributed by atoms with van der Waals surface area (Å²) in [5.41, 5.74) is 3.93. The van der Waals surface area contributed by atoms with Crippen molar-refractivity contribution in [2.24, 2.45) is 0 Å². The second-order valence-corrected chi connectivity index (χ2v) is 5.88. The molecule has 0 fully saturated rings. The van der Waals surface area contributed by atoms with E-state index in [4.69, 9.17) is 0 Å². The zero-order valence-corrected chi connectivity index (χ0v) is 12.9. The summed E-state index contributed by atoms with van der Waals surface area (Å²) in [5, 5.41) is 7.41. The summed E-state index contributed by atoms with van der Waals surface area (Å²) in [4.78, 5) is 8.85. The Morgan fingerprint density at radius 2 is 2.00 bits per heavy atom. The lowest BCUT2D eigenvalue weighted by atomic mass is 10.2. The van der Waals surface area contributed by atoms with Gasteiger partial charge in [-0.3, -0.25) is 4.40 Å². The van der Waals surface area contributed by atoms with Crippen LogP contribution >= 0.6 is 11.3 Å². The summed E-state index contributed by atoms with van der Waals surface area (Å²) in [7, 11) is 0. The van der Waals surface area contributed by atoms with Gasteiger partial charge in [-0.1, -0.05) is 12.1 Å². The van der Waals surface area contributed by atoms with Gasteiger partial charge in [0, 0.05) is 29.9 Å². The molecule has 1 aromatic carbocycles. The molecule has 0 aliphatic heterocycles. The first-order valence-corrected chi connectivity index (χ1v) is 8.08. The maximum absolute atomic E-state index is 13.0. The molecule has 3 heterocycles. The lowest BCUT2D eigenvalue weighted by molar-refractivity contribution is 0.627. The van der Waals surface area contributed by atoms with Crippen molar-refractivity contribution in [1.29, 1.82) is 0 Å². The first kappa shape index (κ1) is 13.9. The molecule has 0 bridgehead atoms. The number of hydrogen-bond acceptors (Lipinski definition) is 4. The Bertz CT molecular complexity index is 929. The highest BCUT2D eigenvalue weighted by Gasteiger charge is 2.10. The van der Waals surface area contributed by atoms with Gasteiger partial charge in [-0.2, -0.15) is 11.3 Å². The lowest BCUT2D eigenvalue weighted by Gasteiger charge is -2.07. The fourth-order valence-electron chi connectivity index (χ4n) is 2.46. The van der Waals surface area contributed by atoms with Crippen molar-refractivity contribution in [3.63, 3.8) is 0 Å². The van der Waals surface area contributed by atoms with Gasteiger partial charge in [-0.15, -0.1) is 0 Å². The predicted octanol–water partition coefficient (Wildman–Crippen LogP) is 4.21. The number of imidazole rings is 1. The fraction of sp³-hybridized carbons (Fsp3) is 0.0588. The van der Waals surface area contributed by atoms with Crippen LogP contribution in [0.1, 0.15) is 5.56 Å². The van der Waals surface area contributed by atoms with Crippen LogP contribution in [0.2, 0.25) is 0 Å². The topological polar surface area (TPSA) is 42.2 Å². The number of aromatic nitrogens is 3. The van der Waals surface area contributed by atoms with Crippen LogP contribution in [0.25, 0.3) is 16.9 Å². The highest BCUT2D eigenvalue weighted by atomic mass is 32.1. The van der Waals surface area contributed by atoms with Gasteiger partial charge in [-0.05, 0) is 29.1 Å². The summed E-state index contributed by atoms with van der Waals surface area (Å²) in [6, 6.07) is 8.49. The molecule has 4 aromatic rings. The Morgan fingerprint density at radius 3 is 2.78 bits per heavy atom. The number of nitrogens with zero attached hydrogens (tertiary/aromatic N) is 3. The first-order valence-electron chi connectivity index (χ1n) is 7.14. The van der Waals surface area contributed by atoms with Crippen molar-refractivity contribution in [2.75, 3.05) is 5.32 Å². The van der Waals surface area contributed by atoms with Crippen LogP contribution in [0, 0.1) is 5.82 Å². The van der Waals surface area contributed by atoms with Gasteiger partial charge in [0.25, 0.3) is 0 Å². The minimum atomic E-state index is -0.234. The standard InChI is InChI=1S/C17H13FN4S/c18-14-3-1-12(2-4-14)9-20-16-17-21-10-15(13-5-8-23-11-13)22(17)7-6-19-16/h1-8,10-11H,9H2,(H,19,20). The predicted molar refractivity (Wildman–Crippen MR) is 90.0 cm³/mol. The first-order chi connectivity index (χ1) is 11.3. The number of anilines is 1. The Morgan fingerprint density at radius 1 is 1.13 bits per heavy atom. The Balaban J connectivity index is 1.64. The second kappa shape index (κ2) is 5.81. The van der Waals surface area contributed by atoms with Gasteiger partial charge in [0.2, 0.25) is 0 Å². The third-order valence-corrected chi connectivity index (χ3v) is 4.30. The van der Waals surface area contributed by atoms with Gasteiger partial charge in [0.05, 0.1) is 11.9 Å². The Hall–Kier alpha value is -2.73. The average Bonchev–Trinajstić information content (AvgIpc) is 3.23. The molecular formula is C17H13FN4S. The smallest absolute Gasteiger partial charge is 0.180 e. The Kier molecular flexibility index (Phi) is 3.51. The van der Waals surface area contributed by atoms with Crippen molar-refractivity contribution < 1.29 is 4.39 Å². The summed E-state index contributed by atoms with van der Waals surface area (Å²) >= 11 is 1.66. The van der Waals surface area contributed by atoms with E-state index in [2.05, 4.69) is 26.7 Å². The fourth-order valence-corrected chi connectivity index (χ4v) is 3.11. The number of thiophene rings is 1. The summed E-state index contributed by atoms with van der Waals surface area (Å²) in [6.07, 6.45) is 5.50. The van der Waals surface area contributed by atoms with Crippen LogP contribution in [-0.2, 0) is 6.54 Å². The normalized spacial score (nSPS) is 11.0. The quantitative estimate of drug-likeness (QED) is 0.611. The van der Waals surface area contributed by atoms with E-state index in [0.717, 1.165) is 22.5 Å². The molecule has 0 aliphatic carbocycles. The summed E-state index contributed by atoms with van der Waals surface area (Å²) in [6.45, 7) is 0.563. The largest absolute Gasteiger partial charge is 0.363 e. The van der Waals surface area contributed by atoms with Crippen LogP contribution in [0.4, 0.5) is 10.2 Å². The highest BCUT2D eigenvalue weighted by molar-refractivity contribution is 7.08. The maximum Gasteiger partial charge on any atom is 0.180 e. The second-order valence-electron chi connectivity index (χ2n) is 5.10. The van der Waals surface area contributed by atoms with E-state index in [1.54, 1.807) is 29.7 Å². The minimum Gasteiger partial charge on any atom is -0.363 e. The SMILES string of the molecule is Fc1ccc(CNc2nccn3c(-c4ccsc4)cnc23)cc1. The number of benzene rings is 1. The molecule has 114 valence electrons. The van der Waals surface area contributed by atoms with E-state index in [0.29, 0.717) is 12.4 Å². The molecule has 0 aliphatic rings. The molecule has 3 aromatic heterocycles. The van der Waals surface area contributed by atoms with Crippen LogP contribution < -0.4 is 5.32 Å². The van der Waals surface area contributed by atoms with Crippen molar-refractivity contribution in [1.82, 2.24) is 14.4 Å². The monoisotopic (exact) mass is 324 g/mol. The minimum absolute atomic E-state index is 0.234. The van der Waals surface area contributed by atoms with Gasteiger partial charge in [0.15, 0.2) is 11.5 Å². The van der Waals surface area contributed by atoms with E-state index < -0.39 is 0 Å². The van der Waals surface area contributed by atoms with Crippen molar-refractivity contribution in [3.8, 4) is 11.3 Å². The molecule has 4 nitrogen and oxygen atoms in total. The van der Waals surface area contributed by atoms with Gasteiger partial charge in [-0.25, -0.2) is 14.4 Å². The molecule has 0 saturated heterocycles. The number of halogens is 1. The number of nitrogens with one attached hydrogen (secondary N) is 1. The van der Waals surface area contributed by atoms with E-state index in [1.165, 1.54) is 12.1 Å². The van der Waals surface area contributed by atoms with Crippen LogP contribution in [0.5, 0.6) is 0 Å². The maximum atomic E-state index is 13.0. The molecule has 0 saturated carbocycles. The Labute approximate surface area is 136 Å². The van der Waals surface area contributed by atoms with Crippen LogP contribution in [0.15, 0.2) is 59.7 Å². The molecule has 23 heavy (non-hydrogen) atoms. The van der Waals surface area contributed by atoms with Crippen molar-refractivity contribution in [3.05, 3.63) is 71.1 Å². The third kappa shape index (κ3) is 2.68. The molecule has 6 heteroatoms. The van der Waals surface area contributed by atoms with Gasteiger partial charge < -0.3 is 5.32 Å². The zero-order chi connectivity index (χ0) is 15.6. The third-order valence-electron chi connectivity index (χ3n) is 3.62. The van der Waals surface area contributed by atoms with Crippen LogP contribution in [0.3, 0.4) is 0 Å². The van der Waals surface area contributed by atoms with Gasteiger partial charge in [0.1, 0.15) is 5.82 Å². The van der Waals surface area contributed by atoms with Crippen LogP contribution in [-0.4, -0.2) is 14.4 Å². The summed E-state index contributed by atoms with van der Waals surface area (Å²) in [5.74, 6) is 0.473. The lowest BCUT2D eigenvalue weighted by Crippen LogP contribution is -2.04. The van der Waals surface area contributed by atoms with Gasteiger partial charge >= 0.3 is 0 Å². The molecule has 0 radical (unpaired) electrons.